The molecule has 0 radical (unpaired) electrons. The fourth-order valence-corrected chi connectivity index (χ4v) is 4.60. The molecule has 1 atom stereocenters. The molecule has 3 aromatic carbocycles. The molecule has 0 saturated heterocycles. The van der Waals surface area contributed by atoms with E-state index in [1.807, 2.05) is 66.7 Å². The number of anilines is 1. The normalized spacial score (nSPS) is 11.8. The van der Waals surface area contributed by atoms with E-state index in [9.17, 15) is 4.79 Å². The van der Waals surface area contributed by atoms with Crippen LogP contribution in [0.3, 0.4) is 0 Å². The zero-order valence-corrected chi connectivity index (χ0v) is 21.6. The van der Waals surface area contributed by atoms with Gasteiger partial charge in [0, 0.05) is 28.1 Å². The second-order valence-corrected chi connectivity index (χ2v) is 9.49. The molecular weight excluding hydrogens is 502 g/mol. The minimum Gasteiger partial charge on any atom is -0.490 e. The summed E-state index contributed by atoms with van der Waals surface area (Å²) in [4.78, 5) is 17.5. The third-order valence-electron chi connectivity index (χ3n) is 6.60. The number of aromatic nitrogens is 3. The second-order valence-electron chi connectivity index (χ2n) is 9.49. The molecule has 0 fully saturated rings. The Morgan fingerprint density at radius 2 is 1.77 bits per heavy atom. The fraction of sp³-hybridized carbons (Fsp3) is 0.0938. The number of pyridine rings is 1. The van der Waals surface area contributed by atoms with Crippen LogP contribution in [0.2, 0.25) is 0 Å². The van der Waals surface area contributed by atoms with Crippen molar-refractivity contribution >= 4 is 22.6 Å². The number of benzene rings is 3. The average molecular weight is 530 g/mol. The van der Waals surface area contributed by atoms with Gasteiger partial charge in [-0.15, -0.1) is 0 Å². The number of ether oxygens (including phenoxy) is 1. The Kier molecular flexibility index (Phi) is 7.07. The smallest absolute Gasteiger partial charge is 0.256 e. The summed E-state index contributed by atoms with van der Waals surface area (Å²) in [5.74, 6) is 0.820. The number of carbonyl (C=O) groups excluding carboxylic acids is 1. The number of amides is 1. The van der Waals surface area contributed by atoms with E-state index in [1.54, 1.807) is 30.9 Å². The van der Waals surface area contributed by atoms with Gasteiger partial charge in [0.2, 0.25) is 0 Å². The molecular formula is C32H27N5O3. The zero-order valence-electron chi connectivity index (χ0n) is 21.6. The highest BCUT2D eigenvalue weighted by atomic mass is 16.5. The number of nitrogens with one attached hydrogen (secondary N) is 2. The van der Waals surface area contributed by atoms with Gasteiger partial charge in [0.1, 0.15) is 12.4 Å². The van der Waals surface area contributed by atoms with Gasteiger partial charge in [0.25, 0.3) is 5.91 Å². The molecule has 6 rings (SSSR count). The molecule has 0 aliphatic carbocycles. The van der Waals surface area contributed by atoms with Gasteiger partial charge in [-0.3, -0.25) is 14.9 Å². The van der Waals surface area contributed by atoms with E-state index < -0.39 is 0 Å². The summed E-state index contributed by atoms with van der Waals surface area (Å²) in [6.07, 6.45) is 5.68. The van der Waals surface area contributed by atoms with Gasteiger partial charge in [0.05, 0.1) is 29.9 Å². The van der Waals surface area contributed by atoms with Gasteiger partial charge in [-0.2, -0.15) is 5.10 Å². The standard InChI is InChI=1S/C32H27N5O3/c33-25(15-21-7-3-1-4-8-21)20-40-26-17-27(30(34-18-26)24-13-14-39-19-24)23-11-12-29-28(16-23)31(37-36-29)35-32(38)22-9-5-2-6-10-22/h1-14,16-19,25H,15,20,33H2,(H2,35,36,37,38)/t25-/m0/s1. The average Bonchev–Trinajstić information content (AvgIpc) is 3.67. The van der Waals surface area contributed by atoms with Crippen LogP contribution in [0.4, 0.5) is 5.82 Å². The lowest BCUT2D eigenvalue weighted by atomic mass is 9.99. The van der Waals surface area contributed by atoms with Gasteiger partial charge in [-0.25, -0.2) is 0 Å². The van der Waals surface area contributed by atoms with Crippen LogP contribution in [-0.2, 0) is 6.42 Å². The van der Waals surface area contributed by atoms with E-state index in [4.69, 9.17) is 19.9 Å². The van der Waals surface area contributed by atoms with Gasteiger partial charge in [0.15, 0.2) is 5.82 Å². The van der Waals surface area contributed by atoms with Gasteiger partial charge in [-0.05, 0) is 53.9 Å². The van der Waals surface area contributed by atoms with Crippen LogP contribution in [0.25, 0.3) is 33.3 Å². The number of hydrogen-bond acceptors (Lipinski definition) is 6. The third kappa shape index (κ3) is 5.48. The molecule has 198 valence electrons. The Labute approximate surface area is 230 Å². The van der Waals surface area contributed by atoms with Gasteiger partial charge < -0.3 is 20.2 Å². The first-order valence-corrected chi connectivity index (χ1v) is 12.9. The van der Waals surface area contributed by atoms with Crippen molar-refractivity contribution in [3.63, 3.8) is 0 Å². The predicted molar refractivity (Wildman–Crippen MR) is 155 cm³/mol. The number of aromatic amines is 1. The highest BCUT2D eigenvalue weighted by Crippen LogP contribution is 2.36. The van der Waals surface area contributed by atoms with Crippen LogP contribution in [0, 0.1) is 0 Å². The molecule has 8 nitrogen and oxygen atoms in total. The Morgan fingerprint density at radius 1 is 0.975 bits per heavy atom. The van der Waals surface area contributed by atoms with Crippen molar-refractivity contribution in [3.05, 3.63) is 121 Å². The van der Waals surface area contributed by atoms with Crippen LogP contribution < -0.4 is 15.8 Å². The van der Waals surface area contributed by atoms with Crippen LogP contribution in [0.15, 0.2) is 114 Å². The molecule has 3 heterocycles. The number of H-pyrrole nitrogens is 1. The number of nitrogens with zero attached hydrogens (tertiary/aromatic N) is 2. The number of carbonyl (C=O) groups is 1. The highest BCUT2D eigenvalue weighted by Gasteiger charge is 2.16. The Morgan fingerprint density at radius 3 is 2.55 bits per heavy atom. The zero-order chi connectivity index (χ0) is 27.3. The fourth-order valence-electron chi connectivity index (χ4n) is 4.60. The number of furan rings is 1. The van der Waals surface area contributed by atoms with E-state index >= 15 is 0 Å². The van der Waals surface area contributed by atoms with Gasteiger partial charge >= 0.3 is 0 Å². The summed E-state index contributed by atoms with van der Waals surface area (Å²) in [6.45, 7) is 0.345. The SMILES string of the molecule is N[C@H](COc1cnc(-c2ccoc2)c(-c2ccc3[nH]nc(NC(=O)c4ccccc4)c3c2)c1)Cc1ccccc1. The minimum absolute atomic E-state index is 0.169. The van der Waals surface area contributed by atoms with E-state index in [1.165, 1.54) is 0 Å². The predicted octanol–water partition coefficient (Wildman–Crippen LogP) is 6.09. The highest BCUT2D eigenvalue weighted by molar-refractivity contribution is 6.08. The summed E-state index contributed by atoms with van der Waals surface area (Å²) >= 11 is 0. The Bertz CT molecular complexity index is 1730. The van der Waals surface area contributed by atoms with Crippen molar-refractivity contribution in [2.24, 2.45) is 5.73 Å². The number of rotatable bonds is 9. The molecule has 40 heavy (non-hydrogen) atoms. The molecule has 6 aromatic rings. The van der Waals surface area contributed by atoms with Crippen LogP contribution in [0.5, 0.6) is 5.75 Å². The minimum atomic E-state index is -0.234. The van der Waals surface area contributed by atoms with E-state index in [0.29, 0.717) is 30.2 Å². The lowest BCUT2D eigenvalue weighted by molar-refractivity contribution is 0.102. The molecule has 1 amide bonds. The Hall–Kier alpha value is -5.21. The summed E-state index contributed by atoms with van der Waals surface area (Å²) in [6, 6.07) is 28.7. The van der Waals surface area contributed by atoms with Crippen LogP contribution in [-0.4, -0.2) is 33.7 Å². The summed E-state index contributed by atoms with van der Waals surface area (Å²) in [5, 5.41) is 11.0. The van der Waals surface area contributed by atoms with Crippen molar-refractivity contribution < 1.29 is 13.9 Å². The third-order valence-corrected chi connectivity index (χ3v) is 6.60. The first-order chi connectivity index (χ1) is 19.6. The summed E-state index contributed by atoms with van der Waals surface area (Å²) in [7, 11) is 0. The largest absolute Gasteiger partial charge is 0.490 e. The van der Waals surface area contributed by atoms with E-state index in [-0.39, 0.29) is 11.9 Å². The lowest BCUT2D eigenvalue weighted by Gasteiger charge is -2.15. The van der Waals surface area contributed by atoms with Crippen LogP contribution in [0.1, 0.15) is 15.9 Å². The topological polar surface area (TPSA) is 119 Å². The lowest BCUT2D eigenvalue weighted by Crippen LogP contribution is -2.30. The first kappa shape index (κ1) is 25.1. The summed E-state index contributed by atoms with van der Waals surface area (Å²) < 4.78 is 11.4. The van der Waals surface area contributed by atoms with Crippen molar-refractivity contribution in [1.82, 2.24) is 15.2 Å². The van der Waals surface area contributed by atoms with E-state index in [2.05, 4.69) is 27.6 Å². The molecule has 4 N–H and O–H groups in total. The maximum absolute atomic E-state index is 12.8. The molecule has 0 aliphatic rings. The van der Waals surface area contributed by atoms with Gasteiger partial charge in [-0.1, -0.05) is 54.6 Å². The Balaban J connectivity index is 1.30. The molecule has 0 unspecified atom stereocenters. The number of fused-ring (bicyclic) bond motifs is 1. The number of nitrogens with two attached hydrogens (primary N) is 1. The van der Waals surface area contributed by atoms with Crippen molar-refractivity contribution in [2.75, 3.05) is 11.9 Å². The van der Waals surface area contributed by atoms with Crippen LogP contribution >= 0.6 is 0 Å². The maximum atomic E-state index is 12.8. The maximum Gasteiger partial charge on any atom is 0.256 e. The first-order valence-electron chi connectivity index (χ1n) is 12.9. The van der Waals surface area contributed by atoms with Crippen molar-refractivity contribution in [1.29, 1.82) is 0 Å². The van der Waals surface area contributed by atoms with E-state index in [0.717, 1.165) is 38.9 Å². The molecule has 0 spiro atoms. The molecule has 3 aromatic heterocycles. The molecule has 8 heteroatoms. The molecule has 0 bridgehead atoms. The molecule has 0 saturated carbocycles. The summed E-state index contributed by atoms with van der Waals surface area (Å²) in [5.41, 5.74) is 12.2. The molecule has 0 aliphatic heterocycles. The monoisotopic (exact) mass is 529 g/mol. The quantitative estimate of drug-likeness (QED) is 0.209. The number of hydrogen-bond donors (Lipinski definition) is 3. The van der Waals surface area contributed by atoms with Crippen molar-refractivity contribution in [3.8, 4) is 28.1 Å². The second kappa shape index (κ2) is 11.3. The van der Waals surface area contributed by atoms with Crippen molar-refractivity contribution in [2.45, 2.75) is 12.5 Å².